The minimum absolute atomic E-state index is 0.00867. The Kier molecular flexibility index (Phi) is 5.24. The minimum Gasteiger partial charge on any atom is -0.335 e. The molecule has 0 N–H and O–H groups in total. The minimum atomic E-state index is 0.00867. The highest BCUT2D eigenvalue weighted by Gasteiger charge is 2.28. The maximum absolute atomic E-state index is 12.9. The fourth-order valence-corrected chi connectivity index (χ4v) is 4.03. The fraction of sp³-hybridized carbons (Fsp3) is 0.348. The van der Waals surface area contributed by atoms with Crippen LogP contribution in [0.4, 0.5) is 0 Å². The first-order valence-electron chi connectivity index (χ1n) is 9.88. The van der Waals surface area contributed by atoms with Gasteiger partial charge < -0.3 is 9.47 Å². The number of hydrogen-bond donors (Lipinski definition) is 0. The molecule has 0 aliphatic carbocycles. The van der Waals surface area contributed by atoms with Crippen LogP contribution in [0.3, 0.4) is 0 Å². The van der Waals surface area contributed by atoms with Crippen molar-refractivity contribution in [3.63, 3.8) is 0 Å². The summed E-state index contributed by atoms with van der Waals surface area (Å²) in [6.45, 7) is 3.54. The quantitative estimate of drug-likeness (QED) is 0.699. The Morgan fingerprint density at radius 2 is 2.00 bits per heavy atom. The summed E-state index contributed by atoms with van der Waals surface area (Å²) in [6, 6.07) is 14.9. The molecule has 0 radical (unpaired) electrons. The Labute approximate surface area is 166 Å². The number of carbonyl (C=O) groups is 1. The number of rotatable bonds is 4. The highest BCUT2D eigenvalue weighted by molar-refractivity contribution is 5.90. The Morgan fingerprint density at radius 1 is 1.18 bits per heavy atom. The monoisotopic (exact) mass is 374 g/mol. The van der Waals surface area contributed by atoms with Crippen LogP contribution in [0.5, 0.6) is 0 Å². The third-order valence-electron chi connectivity index (χ3n) is 5.42. The van der Waals surface area contributed by atoms with Gasteiger partial charge in [-0.1, -0.05) is 30.3 Å². The number of amides is 1. The Balaban J connectivity index is 1.53. The van der Waals surface area contributed by atoms with Crippen LogP contribution in [0.25, 0.3) is 0 Å². The molecule has 1 saturated heterocycles. The molecule has 0 saturated carbocycles. The summed E-state index contributed by atoms with van der Waals surface area (Å²) < 4.78 is 1.79. The maximum Gasteiger partial charge on any atom is 0.289 e. The Hall–Kier alpha value is -2.95. The molecular weight excluding hydrogens is 348 g/mol. The van der Waals surface area contributed by atoms with Gasteiger partial charge in [-0.15, -0.1) is 0 Å². The molecule has 1 fully saturated rings. The fourth-order valence-electron chi connectivity index (χ4n) is 4.03. The smallest absolute Gasteiger partial charge is 0.289 e. The van der Waals surface area contributed by atoms with Gasteiger partial charge in [-0.25, -0.2) is 4.98 Å². The zero-order valence-electron chi connectivity index (χ0n) is 16.5. The summed E-state index contributed by atoms with van der Waals surface area (Å²) in [5, 5.41) is 0. The lowest BCUT2D eigenvalue weighted by molar-refractivity contribution is 0.0690. The van der Waals surface area contributed by atoms with E-state index in [9.17, 15) is 4.79 Å². The van der Waals surface area contributed by atoms with Crippen molar-refractivity contribution in [2.24, 2.45) is 7.05 Å². The Morgan fingerprint density at radius 3 is 2.75 bits per heavy atom. The summed E-state index contributed by atoms with van der Waals surface area (Å²) >= 11 is 0. The van der Waals surface area contributed by atoms with Gasteiger partial charge in [0.1, 0.15) is 0 Å². The first kappa shape index (κ1) is 18.4. The number of carbonyl (C=O) groups excluding carboxylic acids is 1. The number of pyridine rings is 1. The molecule has 144 valence electrons. The largest absolute Gasteiger partial charge is 0.335 e. The number of nitrogens with zero attached hydrogens (tertiary/aromatic N) is 4. The van der Waals surface area contributed by atoms with E-state index in [-0.39, 0.29) is 11.8 Å². The number of likely N-dealkylation sites (tertiary alicyclic amines) is 1. The maximum atomic E-state index is 12.9. The van der Waals surface area contributed by atoms with Crippen molar-refractivity contribution in [3.8, 4) is 0 Å². The van der Waals surface area contributed by atoms with E-state index in [1.165, 1.54) is 11.1 Å². The van der Waals surface area contributed by atoms with E-state index in [1.54, 1.807) is 10.8 Å². The molecular formula is C23H26N4O. The first-order valence-corrected chi connectivity index (χ1v) is 9.88. The average Bonchev–Trinajstić information content (AvgIpc) is 3.14. The van der Waals surface area contributed by atoms with Crippen molar-refractivity contribution >= 4 is 5.91 Å². The zero-order valence-corrected chi connectivity index (χ0v) is 16.5. The second kappa shape index (κ2) is 7.97. The van der Waals surface area contributed by atoms with Crippen molar-refractivity contribution in [2.45, 2.75) is 32.1 Å². The van der Waals surface area contributed by atoms with Crippen molar-refractivity contribution in [2.75, 3.05) is 13.1 Å². The molecule has 1 aliphatic heterocycles. The van der Waals surface area contributed by atoms with Crippen LogP contribution in [-0.4, -0.2) is 38.4 Å². The van der Waals surface area contributed by atoms with Crippen molar-refractivity contribution in [1.29, 1.82) is 0 Å². The lowest BCUT2D eigenvalue weighted by Gasteiger charge is -2.32. The van der Waals surface area contributed by atoms with E-state index < -0.39 is 0 Å². The molecule has 2 aromatic heterocycles. The second-order valence-corrected chi connectivity index (χ2v) is 7.66. The van der Waals surface area contributed by atoms with Gasteiger partial charge >= 0.3 is 0 Å². The molecule has 5 nitrogen and oxygen atoms in total. The van der Waals surface area contributed by atoms with E-state index >= 15 is 0 Å². The van der Waals surface area contributed by atoms with E-state index in [0.717, 1.165) is 37.2 Å². The summed E-state index contributed by atoms with van der Waals surface area (Å²) in [5.41, 5.74) is 4.72. The SMILES string of the molecule is Cc1cc(Cc2ccccc2)cc(C2CCCN(C(=O)c3nccn3C)C2)n1. The van der Waals surface area contributed by atoms with Crippen LogP contribution in [0.1, 0.15) is 51.9 Å². The first-order chi connectivity index (χ1) is 13.6. The van der Waals surface area contributed by atoms with Crippen molar-refractivity contribution in [3.05, 3.63) is 83.2 Å². The molecule has 1 amide bonds. The van der Waals surface area contributed by atoms with Crippen molar-refractivity contribution in [1.82, 2.24) is 19.4 Å². The van der Waals surface area contributed by atoms with E-state index in [0.29, 0.717) is 12.4 Å². The van der Waals surface area contributed by atoms with E-state index in [2.05, 4.69) is 48.3 Å². The molecule has 1 atom stereocenters. The highest BCUT2D eigenvalue weighted by atomic mass is 16.2. The zero-order chi connectivity index (χ0) is 19.5. The highest BCUT2D eigenvalue weighted by Crippen LogP contribution is 2.28. The summed E-state index contributed by atoms with van der Waals surface area (Å²) in [5.74, 6) is 0.782. The third kappa shape index (κ3) is 3.98. The molecule has 1 aliphatic rings. The lowest BCUT2D eigenvalue weighted by Crippen LogP contribution is -2.40. The van der Waals surface area contributed by atoms with Gasteiger partial charge in [0.15, 0.2) is 5.82 Å². The number of imidazole rings is 1. The number of piperidine rings is 1. The predicted molar refractivity (Wildman–Crippen MR) is 109 cm³/mol. The molecule has 0 spiro atoms. The van der Waals surface area contributed by atoms with Gasteiger partial charge in [-0.05, 0) is 49.4 Å². The summed E-state index contributed by atoms with van der Waals surface area (Å²) in [4.78, 5) is 23.8. The van der Waals surface area contributed by atoms with Crippen LogP contribution in [0, 0.1) is 6.92 Å². The molecule has 4 rings (SSSR count). The second-order valence-electron chi connectivity index (χ2n) is 7.66. The standard InChI is InChI=1S/C23H26N4O/c1-17-13-19(14-18-7-4-3-5-8-18)15-21(25-17)20-9-6-11-27(16-20)23(28)22-24-10-12-26(22)2/h3-5,7-8,10,12-13,15,20H,6,9,11,14,16H2,1-2H3. The van der Waals surface area contributed by atoms with Gasteiger partial charge in [-0.2, -0.15) is 0 Å². The van der Waals surface area contributed by atoms with Crippen LogP contribution < -0.4 is 0 Å². The van der Waals surface area contributed by atoms with Crippen LogP contribution in [0.15, 0.2) is 54.9 Å². The van der Waals surface area contributed by atoms with Gasteiger partial charge in [0.25, 0.3) is 5.91 Å². The van der Waals surface area contributed by atoms with Gasteiger partial charge in [0.05, 0.1) is 0 Å². The predicted octanol–water partition coefficient (Wildman–Crippen LogP) is 3.73. The molecule has 3 aromatic rings. The van der Waals surface area contributed by atoms with Gasteiger partial charge in [0, 0.05) is 49.8 Å². The molecule has 5 heteroatoms. The summed E-state index contributed by atoms with van der Waals surface area (Å²) in [6.07, 6.45) is 6.44. The molecule has 3 heterocycles. The topological polar surface area (TPSA) is 51.0 Å². The number of aryl methyl sites for hydroxylation is 2. The third-order valence-corrected chi connectivity index (χ3v) is 5.42. The van der Waals surface area contributed by atoms with E-state index in [1.807, 2.05) is 24.2 Å². The molecule has 1 aromatic carbocycles. The van der Waals surface area contributed by atoms with Crippen LogP contribution in [-0.2, 0) is 13.5 Å². The Bertz CT molecular complexity index is 964. The lowest BCUT2D eigenvalue weighted by atomic mass is 9.92. The summed E-state index contributed by atoms with van der Waals surface area (Å²) in [7, 11) is 1.86. The normalized spacial score (nSPS) is 16.9. The molecule has 0 bridgehead atoms. The number of aromatic nitrogens is 3. The van der Waals surface area contributed by atoms with E-state index in [4.69, 9.17) is 4.98 Å². The van der Waals surface area contributed by atoms with Gasteiger partial charge in [-0.3, -0.25) is 9.78 Å². The van der Waals surface area contributed by atoms with Crippen molar-refractivity contribution < 1.29 is 4.79 Å². The number of benzene rings is 1. The van der Waals surface area contributed by atoms with Crippen LogP contribution in [0.2, 0.25) is 0 Å². The average molecular weight is 374 g/mol. The van der Waals surface area contributed by atoms with Crippen LogP contribution >= 0.6 is 0 Å². The van der Waals surface area contributed by atoms with Gasteiger partial charge in [0.2, 0.25) is 0 Å². The molecule has 28 heavy (non-hydrogen) atoms. The number of hydrogen-bond acceptors (Lipinski definition) is 3. The molecule has 1 unspecified atom stereocenters.